The van der Waals surface area contributed by atoms with Crippen LogP contribution in [0.1, 0.15) is 30.1 Å². The molecule has 1 aromatic heterocycles. The highest BCUT2D eigenvalue weighted by atomic mass is 16.3. The minimum Gasteiger partial charge on any atom is -0.504 e. The van der Waals surface area contributed by atoms with Crippen LogP contribution in [0.2, 0.25) is 0 Å². The van der Waals surface area contributed by atoms with Gasteiger partial charge in [0.15, 0.2) is 17.3 Å². The van der Waals surface area contributed by atoms with Gasteiger partial charge in [0.05, 0.1) is 0 Å². The van der Waals surface area contributed by atoms with E-state index in [1.165, 1.54) is 12.1 Å². The average Bonchev–Trinajstić information content (AvgIpc) is 2.42. The fourth-order valence-electron chi connectivity index (χ4n) is 2.38. The third kappa shape index (κ3) is 2.13. The first-order valence-electron chi connectivity index (χ1n) is 6.29. The summed E-state index contributed by atoms with van der Waals surface area (Å²) in [5, 5.41) is 18.8. The van der Waals surface area contributed by atoms with Crippen molar-refractivity contribution in [2.45, 2.75) is 25.3 Å². The lowest BCUT2D eigenvalue weighted by Gasteiger charge is -2.21. The Bertz CT molecular complexity index is 628. The minimum atomic E-state index is -0.171. The van der Waals surface area contributed by atoms with Gasteiger partial charge in [-0.05, 0) is 37.5 Å². The molecule has 5 nitrogen and oxygen atoms in total. The Labute approximate surface area is 110 Å². The number of benzene rings is 1. The van der Waals surface area contributed by atoms with E-state index in [9.17, 15) is 10.2 Å². The molecule has 1 atom stereocenters. The summed E-state index contributed by atoms with van der Waals surface area (Å²) >= 11 is 0. The standard InChI is InChI=1S/C14H15N3O2/c15-10-2-1-3-11-9(10)7-16-14(17-11)8-4-5-12(18)13(19)6-8/h4-7,10,18-19H,1-3,15H2. The fraction of sp³-hybridized carbons (Fsp3) is 0.286. The van der Waals surface area contributed by atoms with Crippen LogP contribution < -0.4 is 5.73 Å². The van der Waals surface area contributed by atoms with Crippen molar-refractivity contribution in [1.29, 1.82) is 0 Å². The third-order valence-corrected chi connectivity index (χ3v) is 3.46. The van der Waals surface area contributed by atoms with Crippen LogP contribution in [0, 0.1) is 0 Å². The van der Waals surface area contributed by atoms with Gasteiger partial charge < -0.3 is 15.9 Å². The largest absolute Gasteiger partial charge is 0.504 e. The van der Waals surface area contributed by atoms with Crippen LogP contribution in [0.3, 0.4) is 0 Å². The second-order valence-corrected chi connectivity index (χ2v) is 4.80. The Morgan fingerprint density at radius 2 is 2.05 bits per heavy atom. The highest BCUT2D eigenvalue weighted by Crippen LogP contribution is 2.31. The summed E-state index contributed by atoms with van der Waals surface area (Å²) in [5.74, 6) is 0.224. The van der Waals surface area contributed by atoms with Gasteiger partial charge >= 0.3 is 0 Å². The van der Waals surface area contributed by atoms with Crippen molar-refractivity contribution in [3.63, 3.8) is 0 Å². The second kappa shape index (κ2) is 4.51. The Balaban J connectivity index is 2.04. The zero-order chi connectivity index (χ0) is 13.4. The molecule has 0 saturated heterocycles. The first-order valence-corrected chi connectivity index (χ1v) is 6.29. The number of hydrogen-bond acceptors (Lipinski definition) is 5. The van der Waals surface area contributed by atoms with Gasteiger partial charge in [-0.15, -0.1) is 0 Å². The Kier molecular flexibility index (Phi) is 2.83. The molecule has 4 N–H and O–H groups in total. The van der Waals surface area contributed by atoms with Gasteiger partial charge in [0.2, 0.25) is 0 Å². The van der Waals surface area contributed by atoms with E-state index in [2.05, 4.69) is 9.97 Å². The number of phenolic OH excluding ortho intramolecular Hbond substituents is 2. The summed E-state index contributed by atoms with van der Waals surface area (Å²) in [6.07, 6.45) is 4.68. The summed E-state index contributed by atoms with van der Waals surface area (Å²) in [4.78, 5) is 8.82. The molecule has 98 valence electrons. The van der Waals surface area contributed by atoms with Crippen LogP contribution in [0.5, 0.6) is 11.5 Å². The summed E-state index contributed by atoms with van der Waals surface area (Å²) in [5.41, 5.74) is 8.70. The lowest BCUT2D eigenvalue weighted by atomic mass is 9.93. The number of rotatable bonds is 1. The SMILES string of the molecule is NC1CCCc2nc(-c3ccc(O)c(O)c3)ncc21. The van der Waals surface area contributed by atoms with Crippen LogP contribution in [0.15, 0.2) is 24.4 Å². The number of aromatic nitrogens is 2. The molecule has 0 aliphatic heterocycles. The topological polar surface area (TPSA) is 92.3 Å². The Morgan fingerprint density at radius 3 is 2.84 bits per heavy atom. The van der Waals surface area contributed by atoms with Gasteiger partial charge in [0.25, 0.3) is 0 Å². The lowest BCUT2D eigenvalue weighted by molar-refractivity contribution is 0.404. The van der Waals surface area contributed by atoms with Crippen molar-refractivity contribution >= 4 is 0 Å². The first-order chi connectivity index (χ1) is 9.15. The Hall–Kier alpha value is -2.14. The van der Waals surface area contributed by atoms with Crippen LogP contribution in [0.25, 0.3) is 11.4 Å². The normalized spacial score (nSPS) is 18.1. The average molecular weight is 257 g/mol. The molecule has 1 aliphatic carbocycles. The van der Waals surface area contributed by atoms with Crippen molar-refractivity contribution in [3.05, 3.63) is 35.7 Å². The number of fused-ring (bicyclic) bond motifs is 1. The third-order valence-electron chi connectivity index (χ3n) is 3.46. The number of hydrogen-bond donors (Lipinski definition) is 3. The molecule has 0 bridgehead atoms. The maximum absolute atomic E-state index is 9.52. The molecule has 5 heteroatoms. The van der Waals surface area contributed by atoms with E-state index in [0.717, 1.165) is 30.5 Å². The molecule has 0 amide bonds. The molecule has 0 fully saturated rings. The van der Waals surface area contributed by atoms with Crippen LogP contribution in [0.4, 0.5) is 0 Å². The first kappa shape index (κ1) is 11.9. The lowest BCUT2D eigenvalue weighted by Crippen LogP contribution is -2.19. The molecule has 1 heterocycles. The van der Waals surface area contributed by atoms with Crippen molar-refractivity contribution < 1.29 is 10.2 Å². The summed E-state index contributed by atoms with van der Waals surface area (Å²) in [6, 6.07) is 4.59. The quantitative estimate of drug-likeness (QED) is 0.678. The van der Waals surface area contributed by atoms with E-state index in [4.69, 9.17) is 5.73 Å². The maximum Gasteiger partial charge on any atom is 0.159 e. The molecule has 3 rings (SSSR count). The molecular formula is C14H15N3O2. The van der Waals surface area contributed by atoms with E-state index in [-0.39, 0.29) is 17.5 Å². The summed E-state index contributed by atoms with van der Waals surface area (Å²) in [7, 11) is 0. The van der Waals surface area contributed by atoms with Crippen LogP contribution >= 0.6 is 0 Å². The van der Waals surface area contributed by atoms with Gasteiger partial charge in [-0.25, -0.2) is 9.97 Å². The molecule has 1 aliphatic rings. The van der Waals surface area contributed by atoms with Gasteiger partial charge in [0, 0.05) is 29.1 Å². The molecular weight excluding hydrogens is 242 g/mol. The van der Waals surface area contributed by atoms with Gasteiger partial charge in [-0.3, -0.25) is 0 Å². The summed E-state index contributed by atoms with van der Waals surface area (Å²) < 4.78 is 0. The van der Waals surface area contributed by atoms with Crippen molar-refractivity contribution in [1.82, 2.24) is 9.97 Å². The van der Waals surface area contributed by atoms with E-state index in [1.54, 1.807) is 12.3 Å². The molecule has 0 saturated carbocycles. The molecule has 0 spiro atoms. The number of nitrogens with two attached hydrogens (primary N) is 1. The molecule has 2 aromatic rings. The van der Waals surface area contributed by atoms with Crippen molar-refractivity contribution in [3.8, 4) is 22.9 Å². The van der Waals surface area contributed by atoms with E-state index in [1.807, 2.05) is 0 Å². The predicted molar refractivity (Wildman–Crippen MR) is 70.7 cm³/mol. The smallest absolute Gasteiger partial charge is 0.159 e. The molecule has 1 unspecified atom stereocenters. The van der Waals surface area contributed by atoms with E-state index < -0.39 is 0 Å². The number of aromatic hydroxyl groups is 2. The van der Waals surface area contributed by atoms with Crippen LogP contribution in [-0.2, 0) is 6.42 Å². The zero-order valence-electron chi connectivity index (χ0n) is 10.4. The number of phenols is 2. The predicted octanol–water partition coefficient (Wildman–Crippen LogP) is 1.89. The number of aryl methyl sites for hydroxylation is 1. The maximum atomic E-state index is 9.52. The van der Waals surface area contributed by atoms with Gasteiger partial charge in [-0.1, -0.05) is 0 Å². The number of nitrogens with zero attached hydrogens (tertiary/aromatic N) is 2. The zero-order valence-corrected chi connectivity index (χ0v) is 10.4. The highest BCUT2D eigenvalue weighted by Gasteiger charge is 2.19. The monoisotopic (exact) mass is 257 g/mol. The molecule has 0 radical (unpaired) electrons. The van der Waals surface area contributed by atoms with Crippen LogP contribution in [-0.4, -0.2) is 20.2 Å². The molecule has 19 heavy (non-hydrogen) atoms. The Morgan fingerprint density at radius 1 is 1.21 bits per heavy atom. The van der Waals surface area contributed by atoms with E-state index >= 15 is 0 Å². The van der Waals surface area contributed by atoms with Gasteiger partial charge in [0.1, 0.15) is 0 Å². The van der Waals surface area contributed by atoms with E-state index in [0.29, 0.717) is 11.4 Å². The highest BCUT2D eigenvalue weighted by molar-refractivity contribution is 5.60. The summed E-state index contributed by atoms with van der Waals surface area (Å²) in [6.45, 7) is 0. The van der Waals surface area contributed by atoms with Crippen molar-refractivity contribution in [2.24, 2.45) is 5.73 Å². The molecule has 1 aromatic carbocycles. The second-order valence-electron chi connectivity index (χ2n) is 4.80. The fourth-order valence-corrected chi connectivity index (χ4v) is 2.38. The minimum absolute atomic E-state index is 0.0195. The van der Waals surface area contributed by atoms with Gasteiger partial charge in [-0.2, -0.15) is 0 Å². The van der Waals surface area contributed by atoms with Crippen molar-refractivity contribution in [2.75, 3.05) is 0 Å².